The van der Waals surface area contributed by atoms with Crippen molar-refractivity contribution in [2.24, 2.45) is 0 Å². The second-order valence-electron chi connectivity index (χ2n) is 4.53. The Balaban J connectivity index is 1.93. The number of halogens is 1. The molecule has 1 aromatic heterocycles. The summed E-state index contributed by atoms with van der Waals surface area (Å²) in [5.41, 5.74) is 2.89. The quantitative estimate of drug-likeness (QED) is 0.653. The maximum absolute atomic E-state index is 6.22. The fourth-order valence-electron chi connectivity index (χ4n) is 1.90. The molecule has 0 bridgehead atoms. The number of rotatable bonds is 3. The first-order valence-electron chi connectivity index (χ1n) is 6.32. The SMILES string of the molecule is Cc1ccc(Nc2nn(-c3ccccc3)c(=S)s2)c(Cl)c1. The standard InChI is InChI=1S/C15H12ClN3S2/c1-10-7-8-13(12(16)9-10)17-14-18-19(15(20)21-14)11-5-3-2-4-6-11/h2-9H,1H3,(H,17,18). The highest BCUT2D eigenvalue weighted by Crippen LogP contribution is 2.28. The topological polar surface area (TPSA) is 29.9 Å². The van der Waals surface area contributed by atoms with Crippen molar-refractivity contribution >= 4 is 46.0 Å². The Morgan fingerprint density at radius 2 is 1.95 bits per heavy atom. The molecule has 0 atom stereocenters. The van der Waals surface area contributed by atoms with E-state index in [0.29, 0.717) is 8.98 Å². The molecule has 106 valence electrons. The fraction of sp³-hybridized carbons (Fsp3) is 0.0667. The van der Waals surface area contributed by atoms with Crippen molar-refractivity contribution in [1.29, 1.82) is 0 Å². The first-order chi connectivity index (χ1) is 10.1. The highest BCUT2D eigenvalue weighted by atomic mass is 35.5. The molecule has 0 aliphatic rings. The third-order valence-corrected chi connectivity index (χ3v) is 4.37. The zero-order valence-corrected chi connectivity index (χ0v) is 13.6. The van der Waals surface area contributed by atoms with E-state index in [0.717, 1.165) is 22.1 Å². The molecule has 0 amide bonds. The molecule has 6 heteroatoms. The van der Waals surface area contributed by atoms with Crippen molar-refractivity contribution in [1.82, 2.24) is 9.78 Å². The Labute approximate surface area is 136 Å². The summed E-state index contributed by atoms with van der Waals surface area (Å²) in [6, 6.07) is 15.7. The molecule has 0 unspecified atom stereocenters. The summed E-state index contributed by atoms with van der Waals surface area (Å²) in [7, 11) is 0. The Morgan fingerprint density at radius 1 is 1.19 bits per heavy atom. The van der Waals surface area contributed by atoms with E-state index in [2.05, 4.69) is 10.4 Å². The number of anilines is 2. The van der Waals surface area contributed by atoms with Crippen LogP contribution in [-0.2, 0) is 0 Å². The molecule has 0 aliphatic carbocycles. The van der Waals surface area contributed by atoms with Gasteiger partial charge in [-0.25, -0.2) is 4.68 Å². The Hall–Kier alpha value is -1.69. The number of para-hydroxylation sites is 1. The molecule has 21 heavy (non-hydrogen) atoms. The highest BCUT2D eigenvalue weighted by molar-refractivity contribution is 7.73. The summed E-state index contributed by atoms with van der Waals surface area (Å²) >= 11 is 13.0. The van der Waals surface area contributed by atoms with Gasteiger partial charge in [0.15, 0.2) is 3.95 Å². The third kappa shape index (κ3) is 3.15. The van der Waals surface area contributed by atoms with Gasteiger partial charge in [0.2, 0.25) is 5.13 Å². The molecule has 3 rings (SSSR count). The zero-order chi connectivity index (χ0) is 14.8. The summed E-state index contributed by atoms with van der Waals surface area (Å²) in [5.74, 6) is 0. The first kappa shape index (κ1) is 14.3. The van der Waals surface area contributed by atoms with E-state index in [1.165, 1.54) is 11.3 Å². The van der Waals surface area contributed by atoms with Gasteiger partial charge in [-0.3, -0.25) is 0 Å². The predicted octanol–water partition coefficient (Wildman–Crippen LogP) is 5.37. The molecule has 0 radical (unpaired) electrons. The Kier molecular flexibility index (Phi) is 4.05. The van der Waals surface area contributed by atoms with Gasteiger partial charge in [0.1, 0.15) is 0 Å². The number of hydrogen-bond acceptors (Lipinski definition) is 4. The maximum Gasteiger partial charge on any atom is 0.209 e. The summed E-state index contributed by atoms with van der Waals surface area (Å²) in [5, 5.41) is 9.10. The molecule has 2 aromatic carbocycles. The molecule has 0 saturated carbocycles. The van der Waals surface area contributed by atoms with Gasteiger partial charge in [-0.15, -0.1) is 5.10 Å². The first-order valence-corrected chi connectivity index (χ1v) is 7.92. The molecular formula is C15H12ClN3S2. The van der Waals surface area contributed by atoms with Gasteiger partial charge in [0.25, 0.3) is 0 Å². The fourth-order valence-corrected chi connectivity index (χ4v) is 3.24. The second kappa shape index (κ2) is 5.97. The van der Waals surface area contributed by atoms with Crippen molar-refractivity contribution < 1.29 is 0 Å². The third-order valence-electron chi connectivity index (χ3n) is 2.91. The van der Waals surface area contributed by atoms with Crippen molar-refractivity contribution in [3.05, 3.63) is 63.1 Å². The van der Waals surface area contributed by atoms with E-state index in [1.54, 1.807) is 4.68 Å². The van der Waals surface area contributed by atoms with Crippen molar-refractivity contribution in [2.75, 3.05) is 5.32 Å². The van der Waals surface area contributed by atoms with E-state index < -0.39 is 0 Å². The summed E-state index contributed by atoms with van der Waals surface area (Å²) in [4.78, 5) is 0. The molecular weight excluding hydrogens is 322 g/mol. The largest absolute Gasteiger partial charge is 0.329 e. The van der Waals surface area contributed by atoms with E-state index in [9.17, 15) is 0 Å². The van der Waals surface area contributed by atoms with E-state index in [-0.39, 0.29) is 0 Å². The van der Waals surface area contributed by atoms with Crippen LogP contribution in [0, 0.1) is 10.9 Å². The Bertz CT molecular complexity index is 824. The van der Waals surface area contributed by atoms with Crippen LogP contribution in [0.5, 0.6) is 0 Å². The lowest BCUT2D eigenvalue weighted by atomic mass is 10.2. The average Bonchev–Trinajstić information content (AvgIpc) is 2.84. The molecule has 0 saturated heterocycles. The highest BCUT2D eigenvalue weighted by Gasteiger charge is 2.07. The number of nitrogens with zero attached hydrogens (tertiary/aromatic N) is 2. The minimum atomic E-state index is 0.669. The van der Waals surface area contributed by atoms with Crippen LogP contribution in [0.4, 0.5) is 10.8 Å². The van der Waals surface area contributed by atoms with Crippen molar-refractivity contribution in [3.63, 3.8) is 0 Å². The lowest BCUT2D eigenvalue weighted by molar-refractivity contribution is 0.874. The normalized spacial score (nSPS) is 10.6. The monoisotopic (exact) mass is 333 g/mol. The predicted molar refractivity (Wildman–Crippen MR) is 91.7 cm³/mol. The zero-order valence-electron chi connectivity index (χ0n) is 11.2. The lowest BCUT2D eigenvalue weighted by Crippen LogP contribution is -1.98. The van der Waals surface area contributed by atoms with Gasteiger partial charge >= 0.3 is 0 Å². The van der Waals surface area contributed by atoms with Crippen LogP contribution in [0.2, 0.25) is 5.02 Å². The number of benzene rings is 2. The number of aryl methyl sites for hydroxylation is 1. The molecule has 0 spiro atoms. The van der Waals surface area contributed by atoms with Gasteiger partial charge in [-0.1, -0.05) is 47.2 Å². The number of nitrogens with one attached hydrogen (secondary N) is 1. The van der Waals surface area contributed by atoms with Crippen LogP contribution in [-0.4, -0.2) is 9.78 Å². The molecule has 1 heterocycles. The minimum absolute atomic E-state index is 0.669. The summed E-state index contributed by atoms with van der Waals surface area (Å²) < 4.78 is 2.43. The van der Waals surface area contributed by atoms with Gasteiger partial charge in [0, 0.05) is 0 Å². The van der Waals surface area contributed by atoms with E-state index in [4.69, 9.17) is 23.8 Å². The van der Waals surface area contributed by atoms with Crippen LogP contribution >= 0.6 is 35.2 Å². The summed E-state index contributed by atoms with van der Waals surface area (Å²) in [6.07, 6.45) is 0. The van der Waals surface area contributed by atoms with Gasteiger partial charge in [-0.05, 0) is 49.0 Å². The average molecular weight is 334 g/mol. The second-order valence-corrected chi connectivity index (χ2v) is 6.56. The van der Waals surface area contributed by atoms with Gasteiger partial charge < -0.3 is 5.32 Å². The molecule has 3 nitrogen and oxygen atoms in total. The molecule has 1 N–H and O–H groups in total. The Morgan fingerprint density at radius 3 is 2.67 bits per heavy atom. The van der Waals surface area contributed by atoms with Crippen LogP contribution in [0.15, 0.2) is 48.5 Å². The smallest absolute Gasteiger partial charge is 0.209 e. The molecule has 0 fully saturated rings. The van der Waals surface area contributed by atoms with Gasteiger partial charge in [0.05, 0.1) is 16.4 Å². The molecule has 0 aliphatic heterocycles. The van der Waals surface area contributed by atoms with Crippen molar-refractivity contribution in [3.8, 4) is 5.69 Å². The maximum atomic E-state index is 6.22. The lowest BCUT2D eigenvalue weighted by Gasteiger charge is -2.05. The number of hydrogen-bond donors (Lipinski definition) is 1. The number of aromatic nitrogens is 2. The van der Waals surface area contributed by atoms with E-state index in [1.807, 2.05) is 55.5 Å². The van der Waals surface area contributed by atoms with Crippen LogP contribution in [0.1, 0.15) is 5.56 Å². The van der Waals surface area contributed by atoms with Crippen LogP contribution < -0.4 is 5.32 Å². The molecule has 3 aromatic rings. The minimum Gasteiger partial charge on any atom is -0.329 e. The summed E-state index contributed by atoms with van der Waals surface area (Å²) in [6.45, 7) is 2.00. The van der Waals surface area contributed by atoms with E-state index >= 15 is 0 Å². The van der Waals surface area contributed by atoms with Crippen LogP contribution in [0.3, 0.4) is 0 Å². The van der Waals surface area contributed by atoms with Crippen molar-refractivity contribution in [2.45, 2.75) is 6.92 Å². The van der Waals surface area contributed by atoms with Crippen LogP contribution in [0.25, 0.3) is 5.69 Å². The van der Waals surface area contributed by atoms with Gasteiger partial charge in [-0.2, -0.15) is 0 Å².